The van der Waals surface area contributed by atoms with Crippen molar-refractivity contribution in [3.63, 3.8) is 0 Å². The van der Waals surface area contributed by atoms with E-state index in [1.54, 1.807) is 32.0 Å². The van der Waals surface area contributed by atoms with Crippen LogP contribution in [0.15, 0.2) is 30.3 Å². The molecule has 0 spiro atoms. The quantitative estimate of drug-likeness (QED) is 0.783. The summed E-state index contributed by atoms with van der Waals surface area (Å²) in [7, 11) is 0. The van der Waals surface area contributed by atoms with Crippen LogP contribution in [0.3, 0.4) is 0 Å². The van der Waals surface area contributed by atoms with Gasteiger partial charge in [-0.25, -0.2) is 4.39 Å². The Kier molecular flexibility index (Phi) is 4.84. The third kappa shape index (κ3) is 4.36. The van der Waals surface area contributed by atoms with E-state index >= 15 is 0 Å². The maximum Gasteiger partial charge on any atom is 0.244 e. The highest BCUT2D eigenvalue weighted by Crippen LogP contribution is 2.16. The maximum atomic E-state index is 13.4. The third-order valence-corrected chi connectivity index (χ3v) is 2.22. The highest BCUT2D eigenvalue weighted by Gasteiger charge is 2.05. The number of rotatable bonds is 4. The second-order valence-corrected chi connectivity index (χ2v) is 3.90. The first kappa shape index (κ1) is 13.4. The number of nitrogens with one attached hydrogen (secondary N) is 1. The number of hydrogen-bond acceptors (Lipinski definition) is 2. The van der Waals surface area contributed by atoms with Gasteiger partial charge in [0.05, 0.1) is 6.10 Å². The standard InChI is InChI=1S/C13H16FNO2/c1-9(7-13(17)15-8-10(2)16)11-5-3-4-6-12(11)14/h3-7,10,16H,8H2,1-2H3,(H,15,17)/b9-7-. The van der Waals surface area contributed by atoms with Crippen LogP contribution in [-0.4, -0.2) is 23.7 Å². The molecule has 0 aromatic heterocycles. The molecule has 1 rings (SSSR count). The van der Waals surface area contributed by atoms with Crippen molar-refractivity contribution < 1.29 is 14.3 Å². The number of hydrogen-bond donors (Lipinski definition) is 2. The summed E-state index contributed by atoms with van der Waals surface area (Å²) in [6.45, 7) is 3.42. The third-order valence-electron chi connectivity index (χ3n) is 2.22. The molecule has 0 bridgehead atoms. The summed E-state index contributed by atoms with van der Waals surface area (Å²) in [4.78, 5) is 11.4. The first-order valence-electron chi connectivity index (χ1n) is 5.40. The molecule has 0 aliphatic rings. The minimum Gasteiger partial charge on any atom is -0.392 e. The largest absolute Gasteiger partial charge is 0.392 e. The van der Waals surface area contributed by atoms with Crippen LogP contribution >= 0.6 is 0 Å². The van der Waals surface area contributed by atoms with Gasteiger partial charge in [-0.3, -0.25) is 4.79 Å². The van der Waals surface area contributed by atoms with Crippen LogP contribution in [-0.2, 0) is 4.79 Å². The van der Waals surface area contributed by atoms with Crippen molar-refractivity contribution >= 4 is 11.5 Å². The minimum atomic E-state index is -0.596. The van der Waals surface area contributed by atoms with Gasteiger partial charge in [-0.15, -0.1) is 0 Å². The highest BCUT2D eigenvalue weighted by atomic mass is 19.1. The number of halogens is 1. The van der Waals surface area contributed by atoms with Gasteiger partial charge >= 0.3 is 0 Å². The van der Waals surface area contributed by atoms with E-state index in [4.69, 9.17) is 5.11 Å². The molecular weight excluding hydrogens is 221 g/mol. The van der Waals surface area contributed by atoms with E-state index in [2.05, 4.69) is 5.32 Å². The smallest absolute Gasteiger partial charge is 0.244 e. The van der Waals surface area contributed by atoms with Gasteiger partial charge in [0.25, 0.3) is 0 Å². The van der Waals surface area contributed by atoms with Gasteiger partial charge in [-0.1, -0.05) is 18.2 Å². The van der Waals surface area contributed by atoms with Crippen molar-refractivity contribution in [2.45, 2.75) is 20.0 Å². The summed E-state index contributed by atoms with van der Waals surface area (Å²) < 4.78 is 13.4. The zero-order chi connectivity index (χ0) is 12.8. The Labute approximate surface area is 100.0 Å². The molecule has 0 saturated carbocycles. The molecular formula is C13H16FNO2. The molecule has 3 nitrogen and oxygen atoms in total. The molecule has 1 amide bonds. The van der Waals surface area contributed by atoms with E-state index in [0.717, 1.165) is 0 Å². The summed E-state index contributed by atoms with van der Waals surface area (Å²) in [5.74, 6) is -0.698. The summed E-state index contributed by atoms with van der Waals surface area (Å²) in [6.07, 6.45) is 0.724. The van der Waals surface area contributed by atoms with Gasteiger partial charge < -0.3 is 10.4 Å². The average Bonchev–Trinajstić information content (AvgIpc) is 2.26. The number of carbonyl (C=O) groups is 1. The first-order valence-corrected chi connectivity index (χ1v) is 5.40. The van der Waals surface area contributed by atoms with Crippen LogP contribution in [0.5, 0.6) is 0 Å². The van der Waals surface area contributed by atoms with Crippen LogP contribution in [0, 0.1) is 5.82 Å². The lowest BCUT2D eigenvalue weighted by atomic mass is 10.1. The molecule has 1 atom stereocenters. The second-order valence-electron chi connectivity index (χ2n) is 3.90. The molecule has 0 radical (unpaired) electrons. The fourth-order valence-electron chi connectivity index (χ4n) is 1.35. The maximum absolute atomic E-state index is 13.4. The van der Waals surface area contributed by atoms with Crippen LogP contribution in [0.4, 0.5) is 4.39 Å². The molecule has 17 heavy (non-hydrogen) atoms. The normalized spacial score (nSPS) is 13.3. The molecule has 4 heteroatoms. The Balaban J connectivity index is 2.72. The molecule has 0 aliphatic carbocycles. The zero-order valence-corrected chi connectivity index (χ0v) is 9.90. The molecule has 1 aromatic carbocycles. The van der Waals surface area contributed by atoms with Gasteiger partial charge in [0.1, 0.15) is 5.82 Å². The van der Waals surface area contributed by atoms with Crippen molar-refractivity contribution in [2.24, 2.45) is 0 Å². The topological polar surface area (TPSA) is 49.3 Å². The van der Waals surface area contributed by atoms with E-state index in [1.807, 2.05) is 0 Å². The van der Waals surface area contributed by atoms with Crippen molar-refractivity contribution in [3.05, 3.63) is 41.7 Å². The Morgan fingerprint density at radius 2 is 2.18 bits per heavy atom. The fourth-order valence-corrected chi connectivity index (χ4v) is 1.35. The van der Waals surface area contributed by atoms with Gasteiger partial charge in [-0.2, -0.15) is 0 Å². The average molecular weight is 237 g/mol. The second kappa shape index (κ2) is 6.15. The van der Waals surface area contributed by atoms with E-state index in [1.165, 1.54) is 12.1 Å². The van der Waals surface area contributed by atoms with Crippen LogP contribution in [0.25, 0.3) is 5.57 Å². The molecule has 0 heterocycles. The number of carbonyl (C=O) groups excluding carboxylic acids is 1. The Morgan fingerprint density at radius 1 is 1.53 bits per heavy atom. The lowest BCUT2D eigenvalue weighted by molar-refractivity contribution is -0.116. The molecule has 0 aliphatic heterocycles. The molecule has 0 saturated heterocycles. The van der Waals surface area contributed by atoms with Gasteiger partial charge in [0.2, 0.25) is 5.91 Å². The van der Waals surface area contributed by atoms with Crippen molar-refractivity contribution in [3.8, 4) is 0 Å². The van der Waals surface area contributed by atoms with Crippen LogP contribution < -0.4 is 5.32 Å². The lowest BCUT2D eigenvalue weighted by Crippen LogP contribution is -2.29. The molecule has 2 N–H and O–H groups in total. The van der Waals surface area contributed by atoms with Crippen molar-refractivity contribution in [1.29, 1.82) is 0 Å². The highest BCUT2D eigenvalue weighted by molar-refractivity contribution is 5.94. The number of allylic oxidation sites excluding steroid dienone is 1. The van der Waals surface area contributed by atoms with Gasteiger partial charge in [0, 0.05) is 18.2 Å². The predicted molar refractivity (Wildman–Crippen MR) is 64.7 cm³/mol. The minimum absolute atomic E-state index is 0.180. The Bertz CT molecular complexity index is 427. The van der Waals surface area contributed by atoms with Gasteiger partial charge in [0.15, 0.2) is 0 Å². The predicted octanol–water partition coefficient (Wildman–Crippen LogP) is 1.73. The summed E-state index contributed by atoms with van der Waals surface area (Å²) >= 11 is 0. The van der Waals surface area contributed by atoms with Crippen molar-refractivity contribution in [1.82, 2.24) is 5.32 Å². The fraction of sp³-hybridized carbons (Fsp3) is 0.308. The SMILES string of the molecule is C/C(=C/C(=O)NCC(C)O)c1ccccc1F. The first-order chi connectivity index (χ1) is 8.00. The number of aliphatic hydroxyl groups is 1. The van der Waals surface area contributed by atoms with E-state index < -0.39 is 6.10 Å². The molecule has 92 valence electrons. The van der Waals surface area contributed by atoms with Crippen molar-refractivity contribution in [2.75, 3.05) is 6.54 Å². The summed E-state index contributed by atoms with van der Waals surface area (Å²) in [5.41, 5.74) is 0.950. The number of amides is 1. The lowest BCUT2D eigenvalue weighted by Gasteiger charge is -2.06. The van der Waals surface area contributed by atoms with Crippen LogP contribution in [0.1, 0.15) is 19.4 Å². The Morgan fingerprint density at radius 3 is 2.76 bits per heavy atom. The van der Waals surface area contributed by atoms with Crippen LogP contribution in [0.2, 0.25) is 0 Å². The number of aliphatic hydroxyl groups excluding tert-OH is 1. The Hall–Kier alpha value is -1.68. The number of benzene rings is 1. The van der Waals surface area contributed by atoms with Gasteiger partial charge in [-0.05, 0) is 25.5 Å². The van der Waals surface area contributed by atoms with E-state index in [9.17, 15) is 9.18 Å². The summed E-state index contributed by atoms with van der Waals surface area (Å²) in [6, 6.07) is 6.27. The monoisotopic (exact) mass is 237 g/mol. The zero-order valence-electron chi connectivity index (χ0n) is 9.90. The van der Waals surface area contributed by atoms with E-state index in [-0.39, 0.29) is 18.3 Å². The summed E-state index contributed by atoms with van der Waals surface area (Å²) in [5, 5.41) is 11.5. The van der Waals surface area contributed by atoms with E-state index in [0.29, 0.717) is 11.1 Å². The molecule has 1 unspecified atom stereocenters. The molecule has 1 aromatic rings. The molecule has 0 fully saturated rings.